The quantitative estimate of drug-likeness (QED) is 0.184. The van der Waals surface area contributed by atoms with Gasteiger partial charge in [0.25, 0.3) is 0 Å². The van der Waals surface area contributed by atoms with Crippen molar-refractivity contribution < 1.29 is 33.8 Å². The topological polar surface area (TPSA) is 118 Å². The van der Waals surface area contributed by atoms with Crippen molar-refractivity contribution in [2.45, 2.75) is 25.7 Å². The summed E-state index contributed by atoms with van der Waals surface area (Å²) in [5, 5.41) is 10.2. The molecular formula is C37H29NO7. The molecule has 224 valence electrons. The monoisotopic (exact) mass is 599 g/mol. The number of phenols is 1. The van der Waals surface area contributed by atoms with Crippen LogP contribution in [0.15, 0.2) is 107 Å². The second-order valence-electron chi connectivity index (χ2n) is 11.9. The Bertz CT molecular complexity index is 1920. The summed E-state index contributed by atoms with van der Waals surface area (Å²) in [5.41, 5.74) is 3.78. The third kappa shape index (κ3) is 4.39. The maximum atomic E-state index is 14.2. The number of carbonyl (C=O) groups is 5. The molecule has 1 fully saturated rings. The zero-order chi connectivity index (χ0) is 31.6. The molecule has 2 amide bonds. The molecule has 3 aromatic rings. The molecule has 0 aromatic heterocycles. The van der Waals surface area contributed by atoms with Gasteiger partial charge in [0.2, 0.25) is 11.8 Å². The molecule has 8 heteroatoms. The van der Waals surface area contributed by atoms with Crippen LogP contribution in [0.1, 0.15) is 47.2 Å². The summed E-state index contributed by atoms with van der Waals surface area (Å²) in [6.07, 6.45) is 3.73. The molecule has 3 aromatic carbocycles. The molecule has 45 heavy (non-hydrogen) atoms. The number of hydrogen-bond acceptors (Lipinski definition) is 7. The number of benzene rings is 3. The maximum Gasteiger partial charge on any atom is 0.238 e. The van der Waals surface area contributed by atoms with Crippen molar-refractivity contribution in [1.82, 2.24) is 0 Å². The van der Waals surface area contributed by atoms with Crippen molar-refractivity contribution in [3.8, 4) is 11.5 Å². The first kappa shape index (κ1) is 28.4. The van der Waals surface area contributed by atoms with Crippen molar-refractivity contribution >= 4 is 34.9 Å². The van der Waals surface area contributed by atoms with Crippen LogP contribution in [0, 0.1) is 17.8 Å². The van der Waals surface area contributed by atoms with Crippen molar-refractivity contribution in [2.75, 3.05) is 12.0 Å². The number of ether oxygens (including phenoxy) is 1. The highest BCUT2D eigenvalue weighted by atomic mass is 16.5. The molecule has 3 aliphatic carbocycles. The van der Waals surface area contributed by atoms with Gasteiger partial charge < -0.3 is 9.84 Å². The zero-order valence-corrected chi connectivity index (χ0v) is 24.7. The minimum atomic E-state index is -0.738. The Morgan fingerprint density at radius 3 is 2.31 bits per heavy atom. The van der Waals surface area contributed by atoms with Gasteiger partial charge >= 0.3 is 0 Å². The zero-order valence-electron chi connectivity index (χ0n) is 24.7. The highest BCUT2D eigenvalue weighted by Crippen LogP contribution is 2.56. The van der Waals surface area contributed by atoms with Crippen LogP contribution in [0.25, 0.3) is 0 Å². The molecule has 7 rings (SSSR count). The summed E-state index contributed by atoms with van der Waals surface area (Å²) in [4.78, 5) is 69.1. The number of Topliss-reactive ketones (excluding diaryl/α,β-unsaturated/α-hetero) is 1. The molecule has 8 nitrogen and oxygen atoms in total. The first-order chi connectivity index (χ1) is 21.7. The molecule has 4 atom stereocenters. The van der Waals surface area contributed by atoms with E-state index in [2.05, 4.69) is 0 Å². The fourth-order valence-electron chi connectivity index (χ4n) is 7.43. The third-order valence-electron chi connectivity index (χ3n) is 9.52. The van der Waals surface area contributed by atoms with Gasteiger partial charge in [0, 0.05) is 45.4 Å². The number of hydrogen-bond donors (Lipinski definition) is 1. The van der Waals surface area contributed by atoms with E-state index in [-0.39, 0.29) is 41.3 Å². The van der Waals surface area contributed by atoms with Crippen molar-refractivity contribution in [3.05, 3.63) is 124 Å². The molecule has 0 spiro atoms. The van der Waals surface area contributed by atoms with E-state index in [0.29, 0.717) is 51.3 Å². The number of amides is 2. The van der Waals surface area contributed by atoms with Gasteiger partial charge in [0.05, 0.1) is 24.6 Å². The largest absolute Gasteiger partial charge is 0.508 e. The number of anilines is 1. The Balaban J connectivity index is 1.27. The van der Waals surface area contributed by atoms with E-state index in [4.69, 9.17) is 4.74 Å². The standard InChI is InChI=1S/C37H29NO7/c1-19-16-29(40)28-18-27-24(31(33(28)34(19)41)25-13-12-23(39)17-30(25)45-2)14-15-26-32(27)37(44)38(36(26)43)22-10-8-21(9-11-22)35(42)20-6-4-3-5-7-20/h3-14,16-17,26-27,31-32,39H,15,18H2,1-2H3. The number of phenolic OH excluding ortho intramolecular Hbond substituents is 1. The number of rotatable bonds is 5. The Morgan fingerprint density at radius 2 is 1.60 bits per heavy atom. The first-order valence-electron chi connectivity index (χ1n) is 14.8. The number of aromatic hydroxyl groups is 1. The number of nitrogens with zero attached hydrogens (tertiary/aromatic N) is 1. The average Bonchev–Trinajstić information content (AvgIpc) is 3.32. The highest BCUT2D eigenvalue weighted by molar-refractivity contribution is 6.25. The normalized spacial score (nSPS) is 24.1. The van der Waals surface area contributed by atoms with Gasteiger partial charge in [-0.15, -0.1) is 0 Å². The summed E-state index contributed by atoms with van der Waals surface area (Å²) in [5.74, 6) is -3.61. The van der Waals surface area contributed by atoms with Crippen LogP contribution in [0.2, 0.25) is 0 Å². The Hall–Kier alpha value is -5.37. The number of ketones is 3. The molecule has 0 bridgehead atoms. The summed E-state index contributed by atoms with van der Waals surface area (Å²) in [6, 6.07) is 20.0. The summed E-state index contributed by atoms with van der Waals surface area (Å²) < 4.78 is 5.61. The van der Waals surface area contributed by atoms with Gasteiger partial charge in [-0.05, 0) is 62.1 Å². The van der Waals surface area contributed by atoms with E-state index in [0.717, 1.165) is 5.57 Å². The van der Waals surface area contributed by atoms with Gasteiger partial charge in [0.15, 0.2) is 17.3 Å². The lowest BCUT2D eigenvalue weighted by molar-refractivity contribution is -0.123. The predicted molar refractivity (Wildman–Crippen MR) is 165 cm³/mol. The predicted octanol–water partition coefficient (Wildman–Crippen LogP) is 5.27. The number of carbonyl (C=O) groups excluding carboxylic acids is 5. The molecule has 0 radical (unpaired) electrons. The van der Waals surface area contributed by atoms with Crippen molar-refractivity contribution in [1.29, 1.82) is 0 Å². The lowest BCUT2D eigenvalue weighted by Gasteiger charge is -2.42. The molecule has 0 saturated carbocycles. The smallest absolute Gasteiger partial charge is 0.238 e. The lowest BCUT2D eigenvalue weighted by atomic mass is 9.59. The van der Waals surface area contributed by atoms with Crippen molar-refractivity contribution in [3.63, 3.8) is 0 Å². The lowest BCUT2D eigenvalue weighted by Crippen LogP contribution is -2.40. The van der Waals surface area contributed by atoms with E-state index in [9.17, 15) is 29.1 Å². The minimum Gasteiger partial charge on any atom is -0.508 e. The van der Waals surface area contributed by atoms with Crippen LogP contribution in [0.4, 0.5) is 5.69 Å². The SMILES string of the molecule is COc1cc(O)ccc1C1C2=CCC3C(=O)N(c4ccc(C(=O)c5ccccc5)cc4)C(=O)C3C2CC2=C1C(=O)C(C)=CC2=O. The van der Waals surface area contributed by atoms with E-state index in [1.165, 1.54) is 30.2 Å². The highest BCUT2D eigenvalue weighted by Gasteiger charge is 2.56. The van der Waals surface area contributed by atoms with Gasteiger partial charge in [-0.3, -0.25) is 28.9 Å². The van der Waals surface area contributed by atoms with E-state index in [1.807, 2.05) is 12.1 Å². The molecular weight excluding hydrogens is 570 g/mol. The van der Waals surface area contributed by atoms with E-state index in [1.54, 1.807) is 61.5 Å². The molecule has 1 aliphatic heterocycles. The van der Waals surface area contributed by atoms with Gasteiger partial charge in [-0.1, -0.05) is 48.0 Å². The van der Waals surface area contributed by atoms with Crippen LogP contribution in [0.3, 0.4) is 0 Å². The Morgan fingerprint density at radius 1 is 0.889 bits per heavy atom. The molecule has 4 unspecified atom stereocenters. The Labute approximate surface area is 259 Å². The summed E-state index contributed by atoms with van der Waals surface area (Å²) in [6.45, 7) is 1.61. The first-order valence-corrected chi connectivity index (χ1v) is 14.8. The van der Waals surface area contributed by atoms with Gasteiger partial charge in [-0.25, -0.2) is 0 Å². The molecule has 1 saturated heterocycles. The minimum absolute atomic E-state index is 0.0133. The fourth-order valence-corrected chi connectivity index (χ4v) is 7.43. The van der Waals surface area contributed by atoms with Crippen LogP contribution >= 0.6 is 0 Å². The number of fused-ring (bicyclic) bond motifs is 3. The van der Waals surface area contributed by atoms with Crippen molar-refractivity contribution in [2.24, 2.45) is 17.8 Å². The number of imide groups is 1. The number of methoxy groups -OCH3 is 1. The molecule has 1 heterocycles. The maximum absolute atomic E-state index is 14.2. The van der Waals surface area contributed by atoms with Gasteiger partial charge in [-0.2, -0.15) is 0 Å². The average molecular weight is 600 g/mol. The fraction of sp³-hybridized carbons (Fsp3) is 0.216. The Kier molecular flexibility index (Phi) is 6.73. The second kappa shape index (κ2) is 10.7. The summed E-state index contributed by atoms with van der Waals surface area (Å²) in [7, 11) is 1.47. The molecule has 1 N–H and O–H groups in total. The van der Waals surface area contributed by atoms with Crippen LogP contribution in [-0.4, -0.2) is 41.4 Å². The van der Waals surface area contributed by atoms with Crippen LogP contribution < -0.4 is 9.64 Å². The summed E-state index contributed by atoms with van der Waals surface area (Å²) >= 11 is 0. The number of allylic oxidation sites excluding steroid dienone is 6. The van der Waals surface area contributed by atoms with Gasteiger partial charge in [0.1, 0.15) is 11.5 Å². The molecule has 4 aliphatic rings. The second-order valence-corrected chi connectivity index (χ2v) is 11.9. The van der Waals surface area contributed by atoms with Crippen LogP contribution in [-0.2, 0) is 19.2 Å². The van der Waals surface area contributed by atoms with E-state index >= 15 is 0 Å². The van der Waals surface area contributed by atoms with E-state index < -0.39 is 23.7 Å². The third-order valence-corrected chi connectivity index (χ3v) is 9.52. The van der Waals surface area contributed by atoms with Crippen LogP contribution in [0.5, 0.6) is 11.5 Å².